The van der Waals surface area contributed by atoms with Crippen molar-refractivity contribution in [2.75, 3.05) is 33.3 Å². The van der Waals surface area contributed by atoms with Crippen LogP contribution in [0, 0.1) is 5.92 Å². The maximum atomic E-state index is 5.69. The fourth-order valence-electron chi connectivity index (χ4n) is 2.21. The summed E-state index contributed by atoms with van der Waals surface area (Å²) < 4.78 is 5.69. The smallest absolute Gasteiger partial charge is 0.0700 e. The maximum Gasteiger partial charge on any atom is 0.0700 e. The molecule has 0 aromatic carbocycles. The van der Waals surface area contributed by atoms with Gasteiger partial charge >= 0.3 is 0 Å². The first-order valence-corrected chi connectivity index (χ1v) is 6.19. The average Bonchev–Trinajstić information content (AvgIpc) is 2.28. The first-order valence-electron chi connectivity index (χ1n) is 6.19. The second-order valence-electron chi connectivity index (χ2n) is 4.67. The van der Waals surface area contributed by atoms with Gasteiger partial charge in [0.25, 0.3) is 0 Å². The van der Waals surface area contributed by atoms with E-state index in [2.05, 4.69) is 31.0 Å². The monoisotopic (exact) mass is 214 g/mol. The van der Waals surface area contributed by atoms with Gasteiger partial charge in [-0.25, -0.2) is 0 Å². The van der Waals surface area contributed by atoms with Gasteiger partial charge in [0.2, 0.25) is 0 Å². The van der Waals surface area contributed by atoms with Crippen molar-refractivity contribution in [1.29, 1.82) is 0 Å². The lowest BCUT2D eigenvalue weighted by atomic mass is 10.0. The summed E-state index contributed by atoms with van der Waals surface area (Å²) in [6, 6.07) is 0.649. The highest BCUT2D eigenvalue weighted by Gasteiger charge is 2.25. The van der Waals surface area contributed by atoms with Crippen LogP contribution in [0.5, 0.6) is 0 Å². The first kappa shape index (κ1) is 12.9. The summed E-state index contributed by atoms with van der Waals surface area (Å²) in [5.41, 5.74) is 0. The topological polar surface area (TPSA) is 24.5 Å². The average molecular weight is 214 g/mol. The van der Waals surface area contributed by atoms with Crippen molar-refractivity contribution in [3.8, 4) is 0 Å². The molecule has 0 spiro atoms. The highest BCUT2D eigenvalue weighted by molar-refractivity contribution is 4.79. The number of morpholine rings is 1. The molecule has 1 N–H and O–H groups in total. The molecule has 15 heavy (non-hydrogen) atoms. The molecule has 0 radical (unpaired) electrons. The Morgan fingerprint density at radius 2 is 2.20 bits per heavy atom. The lowest BCUT2D eigenvalue weighted by molar-refractivity contribution is -0.0487. The summed E-state index contributed by atoms with van der Waals surface area (Å²) in [6.07, 6.45) is 1.58. The molecule has 0 aliphatic carbocycles. The zero-order valence-corrected chi connectivity index (χ0v) is 10.6. The molecule has 3 unspecified atom stereocenters. The molecule has 1 aliphatic rings. The van der Waals surface area contributed by atoms with Gasteiger partial charge in [-0.2, -0.15) is 0 Å². The second kappa shape index (κ2) is 6.46. The number of hydrogen-bond donors (Lipinski definition) is 1. The Hall–Kier alpha value is -0.120. The normalized spacial score (nSPS) is 27.6. The van der Waals surface area contributed by atoms with E-state index in [1.165, 1.54) is 0 Å². The Morgan fingerprint density at radius 3 is 2.80 bits per heavy atom. The van der Waals surface area contributed by atoms with E-state index >= 15 is 0 Å². The molecule has 90 valence electrons. The van der Waals surface area contributed by atoms with E-state index in [4.69, 9.17) is 4.74 Å². The van der Waals surface area contributed by atoms with Crippen LogP contribution in [0.1, 0.15) is 27.2 Å². The molecule has 3 nitrogen and oxygen atoms in total. The minimum absolute atomic E-state index is 0.447. The van der Waals surface area contributed by atoms with Gasteiger partial charge in [-0.15, -0.1) is 0 Å². The third-order valence-corrected chi connectivity index (χ3v) is 3.55. The molecule has 3 heteroatoms. The molecule has 1 fully saturated rings. The van der Waals surface area contributed by atoms with E-state index < -0.39 is 0 Å². The zero-order chi connectivity index (χ0) is 11.3. The predicted octanol–water partition coefficient (Wildman–Crippen LogP) is 1.34. The first-order chi connectivity index (χ1) is 7.19. The second-order valence-corrected chi connectivity index (χ2v) is 4.67. The van der Waals surface area contributed by atoms with E-state index in [1.807, 2.05) is 7.05 Å². The summed E-state index contributed by atoms with van der Waals surface area (Å²) in [5.74, 6) is 0.700. The van der Waals surface area contributed by atoms with Crippen LogP contribution in [-0.2, 0) is 4.74 Å². The SMILES string of the molecule is CCC1CN(C(C)C(C)CNC)CCO1. The number of nitrogens with zero attached hydrogens (tertiary/aromatic N) is 1. The quantitative estimate of drug-likeness (QED) is 0.747. The Bertz CT molecular complexity index is 175. The molecular formula is C12H26N2O. The van der Waals surface area contributed by atoms with Crippen molar-refractivity contribution in [3.05, 3.63) is 0 Å². The highest BCUT2D eigenvalue weighted by atomic mass is 16.5. The van der Waals surface area contributed by atoms with Gasteiger partial charge in [-0.05, 0) is 32.9 Å². The van der Waals surface area contributed by atoms with Crippen molar-refractivity contribution in [3.63, 3.8) is 0 Å². The van der Waals surface area contributed by atoms with Crippen LogP contribution < -0.4 is 5.32 Å². The Kier molecular flexibility index (Phi) is 5.58. The molecule has 3 atom stereocenters. The summed E-state index contributed by atoms with van der Waals surface area (Å²) in [6.45, 7) is 11.0. The van der Waals surface area contributed by atoms with Gasteiger partial charge in [-0.3, -0.25) is 4.90 Å². The lowest BCUT2D eigenvalue weighted by Crippen LogP contribution is -2.49. The number of nitrogens with one attached hydrogen (secondary N) is 1. The largest absolute Gasteiger partial charge is 0.376 e. The fraction of sp³-hybridized carbons (Fsp3) is 1.00. The molecule has 0 amide bonds. The van der Waals surface area contributed by atoms with Crippen LogP contribution in [0.25, 0.3) is 0 Å². The minimum atomic E-state index is 0.447. The minimum Gasteiger partial charge on any atom is -0.376 e. The van der Waals surface area contributed by atoms with Crippen LogP contribution in [0.3, 0.4) is 0 Å². The molecule has 1 rings (SSSR count). The molecule has 0 saturated carbocycles. The predicted molar refractivity (Wildman–Crippen MR) is 64.2 cm³/mol. The van der Waals surface area contributed by atoms with E-state index in [0.29, 0.717) is 18.1 Å². The standard InChI is InChI=1S/C12H26N2O/c1-5-12-9-14(6-7-15-12)11(3)10(2)8-13-4/h10-13H,5-9H2,1-4H3. The zero-order valence-electron chi connectivity index (χ0n) is 10.6. The third-order valence-electron chi connectivity index (χ3n) is 3.55. The van der Waals surface area contributed by atoms with Gasteiger partial charge in [0.05, 0.1) is 12.7 Å². The van der Waals surface area contributed by atoms with Gasteiger partial charge < -0.3 is 10.1 Å². The molecule has 0 bridgehead atoms. The van der Waals surface area contributed by atoms with E-state index in [1.54, 1.807) is 0 Å². The summed E-state index contributed by atoms with van der Waals surface area (Å²) in [4.78, 5) is 2.57. The van der Waals surface area contributed by atoms with Gasteiger partial charge in [0.1, 0.15) is 0 Å². The van der Waals surface area contributed by atoms with Crippen molar-refractivity contribution in [2.45, 2.75) is 39.3 Å². The third kappa shape index (κ3) is 3.74. The van der Waals surface area contributed by atoms with Crippen molar-refractivity contribution in [1.82, 2.24) is 10.2 Å². The van der Waals surface area contributed by atoms with Gasteiger partial charge in [-0.1, -0.05) is 13.8 Å². The molecule has 1 heterocycles. The fourth-order valence-corrected chi connectivity index (χ4v) is 2.21. The highest BCUT2D eigenvalue weighted by Crippen LogP contribution is 2.16. The summed E-state index contributed by atoms with van der Waals surface area (Å²) in [7, 11) is 2.03. The van der Waals surface area contributed by atoms with Gasteiger partial charge in [0.15, 0.2) is 0 Å². The molecule has 0 aromatic rings. The number of hydrogen-bond acceptors (Lipinski definition) is 3. The Labute approximate surface area is 94.2 Å². The van der Waals surface area contributed by atoms with Crippen LogP contribution in [0.4, 0.5) is 0 Å². The molecule has 0 aromatic heterocycles. The summed E-state index contributed by atoms with van der Waals surface area (Å²) in [5, 5.41) is 3.25. The van der Waals surface area contributed by atoms with E-state index in [-0.39, 0.29) is 0 Å². The molecule has 1 aliphatic heterocycles. The van der Waals surface area contributed by atoms with Crippen molar-refractivity contribution in [2.24, 2.45) is 5.92 Å². The van der Waals surface area contributed by atoms with E-state index in [9.17, 15) is 0 Å². The lowest BCUT2D eigenvalue weighted by Gasteiger charge is -2.39. The molecule has 1 saturated heterocycles. The van der Waals surface area contributed by atoms with E-state index in [0.717, 1.165) is 32.7 Å². The number of ether oxygens (including phenoxy) is 1. The van der Waals surface area contributed by atoms with Crippen LogP contribution in [-0.4, -0.2) is 50.3 Å². The van der Waals surface area contributed by atoms with Crippen LogP contribution in [0.15, 0.2) is 0 Å². The van der Waals surface area contributed by atoms with Crippen LogP contribution >= 0.6 is 0 Å². The maximum absolute atomic E-state index is 5.69. The van der Waals surface area contributed by atoms with Crippen LogP contribution in [0.2, 0.25) is 0 Å². The summed E-state index contributed by atoms with van der Waals surface area (Å²) >= 11 is 0. The molecular weight excluding hydrogens is 188 g/mol. The van der Waals surface area contributed by atoms with Crippen molar-refractivity contribution < 1.29 is 4.74 Å². The number of rotatable bonds is 5. The Balaban J connectivity index is 2.40. The van der Waals surface area contributed by atoms with Gasteiger partial charge in [0, 0.05) is 19.1 Å². The van der Waals surface area contributed by atoms with Crippen molar-refractivity contribution >= 4 is 0 Å². The Morgan fingerprint density at radius 1 is 1.47 bits per heavy atom.